The first-order valence-corrected chi connectivity index (χ1v) is 12.7. The van der Waals surface area contributed by atoms with Gasteiger partial charge in [-0.25, -0.2) is 4.98 Å². The fourth-order valence-corrected chi connectivity index (χ4v) is 5.57. The van der Waals surface area contributed by atoms with E-state index in [0.717, 1.165) is 56.8 Å². The number of piperazine rings is 1. The van der Waals surface area contributed by atoms with Crippen LogP contribution in [0.5, 0.6) is 11.5 Å². The van der Waals surface area contributed by atoms with Crippen molar-refractivity contribution in [2.45, 2.75) is 19.3 Å². The van der Waals surface area contributed by atoms with Crippen LogP contribution in [0.25, 0.3) is 6.08 Å². The molecule has 1 atom stereocenters. The van der Waals surface area contributed by atoms with Crippen LogP contribution in [0.1, 0.15) is 24.8 Å². The highest BCUT2D eigenvalue weighted by molar-refractivity contribution is 5.92. The van der Waals surface area contributed by atoms with Crippen LogP contribution in [0.3, 0.4) is 0 Å². The summed E-state index contributed by atoms with van der Waals surface area (Å²) in [5.74, 6) is 2.68. The number of carbonyl (C=O) groups is 2. The average molecular weight is 491 g/mol. The summed E-state index contributed by atoms with van der Waals surface area (Å²) in [6.45, 7) is 4.52. The van der Waals surface area contributed by atoms with Crippen LogP contribution in [0.15, 0.2) is 48.7 Å². The number of benzene rings is 1. The van der Waals surface area contributed by atoms with Gasteiger partial charge in [0.15, 0.2) is 11.5 Å². The predicted molar refractivity (Wildman–Crippen MR) is 138 cm³/mol. The third kappa shape index (κ3) is 4.90. The monoisotopic (exact) mass is 490 g/mol. The molecule has 3 heterocycles. The molecule has 0 radical (unpaired) electrons. The van der Waals surface area contributed by atoms with Crippen molar-refractivity contribution in [3.8, 4) is 11.5 Å². The molecular weight excluding hydrogens is 456 g/mol. The summed E-state index contributed by atoms with van der Waals surface area (Å²) >= 11 is 0. The Morgan fingerprint density at radius 1 is 0.944 bits per heavy atom. The summed E-state index contributed by atoms with van der Waals surface area (Å²) < 4.78 is 10.6. The maximum atomic E-state index is 13.2. The Balaban J connectivity index is 1.10. The Hall–Kier alpha value is -3.55. The van der Waals surface area contributed by atoms with E-state index in [-0.39, 0.29) is 17.2 Å². The van der Waals surface area contributed by atoms with Gasteiger partial charge in [-0.15, -0.1) is 0 Å². The van der Waals surface area contributed by atoms with Crippen molar-refractivity contribution in [1.82, 2.24) is 14.8 Å². The van der Waals surface area contributed by atoms with Gasteiger partial charge in [0.1, 0.15) is 5.82 Å². The summed E-state index contributed by atoms with van der Waals surface area (Å²) in [7, 11) is 3.19. The normalized spacial score (nSPS) is 21.1. The third-order valence-corrected chi connectivity index (χ3v) is 7.95. The number of methoxy groups -OCH3 is 2. The van der Waals surface area contributed by atoms with Crippen LogP contribution < -0.4 is 14.4 Å². The summed E-state index contributed by atoms with van der Waals surface area (Å²) in [5, 5.41) is 0. The first-order chi connectivity index (χ1) is 17.5. The van der Waals surface area contributed by atoms with Crippen LogP contribution in [0.2, 0.25) is 0 Å². The lowest BCUT2D eigenvalue weighted by Gasteiger charge is -2.37. The van der Waals surface area contributed by atoms with Crippen molar-refractivity contribution in [3.05, 3.63) is 54.2 Å². The number of ether oxygens (including phenoxy) is 2. The average Bonchev–Trinajstić information content (AvgIpc) is 3.64. The highest BCUT2D eigenvalue weighted by Gasteiger charge is 2.59. The molecule has 1 aliphatic carbocycles. The molecule has 8 heteroatoms. The van der Waals surface area contributed by atoms with Gasteiger partial charge in [0.05, 0.1) is 14.2 Å². The molecule has 8 nitrogen and oxygen atoms in total. The number of hydrogen-bond acceptors (Lipinski definition) is 6. The van der Waals surface area contributed by atoms with Crippen molar-refractivity contribution >= 4 is 23.7 Å². The van der Waals surface area contributed by atoms with E-state index in [1.165, 1.54) is 0 Å². The number of nitrogens with zero attached hydrogens (tertiary/aromatic N) is 4. The number of anilines is 1. The number of aromatic nitrogens is 1. The van der Waals surface area contributed by atoms with Gasteiger partial charge in [-0.1, -0.05) is 12.1 Å². The van der Waals surface area contributed by atoms with E-state index in [4.69, 9.17) is 9.47 Å². The quantitative estimate of drug-likeness (QED) is 0.580. The molecule has 1 spiro atoms. The fourth-order valence-electron chi connectivity index (χ4n) is 5.57. The van der Waals surface area contributed by atoms with Gasteiger partial charge < -0.3 is 24.2 Å². The molecule has 2 saturated heterocycles. The van der Waals surface area contributed by atoms with E-state index in [1.54, 1.807) is 20.3 Å². The topological polar surface area (TPSA) is 75.2 Å². The van der Waals surface area contributed by atoms with E-state index in [2.05, 4.69) is 9.88 Å². The van der Waals surface area contributed by atoms with Gasteiger partial charge in [-0.05, 0) is 60.6 Å². The maximum absolute atomic E-state index is 13.2. The highest BCUT2D eigenvalue weighted by Crippen LogP contribution is 2.60. The summed E-state index contributed by atoms with van der Waals surface area (Å²) in [4.78, 5) is 36.6. The molecular formula is C28H34N4O4. The first-order valence-electron chi connectivity index (χ1n) is 12.7. The van der Waals surface area contributed by atoms with E-state index in [0.29, 0.717) is 30.5 Å². The minimum absolute atomic E-state index is 0.00815. The van der Waals surface area contributed by atoms with Crippen molar-refractivity contribution in [2.24, 2.45) is 11.3 Å². The Morgan fingerprint density at radius 3 is 2.36 bits per heavy atom. The minimum Gasteiger partial charge on any atom is -0.493 e. The molecule has 2 amide bonds. The number of piperidine rings is 1. The number of pyridine rings is 1. The number of likely N-dealkylation sites (tertiary alicyclic amines) is 1. The van der Waals surface area contributed by atoms with Gasteiger partial charge in [0.2, 0.25) is 11.8 Å². The Bertz CT molecular complexity index is 1120. The van der Waals surface area contributed by atoms with Gasteiger partial charge in [-0.2, -0.15) is 0 Å². The van der Waals surface area contributed by atoms with Crippen molar-refractivity contribution in [1.29, 1.82) is 0 Å². The molecule has 1 saturated carbocycles. The molecule has 0 bridgehead atoms. The van der Waals surface area contributed by atoms with E-state index in [1.807, 2.05) is 58.5 Å². The lowest BCUT2D eigenvalue weighted by Crippen LogP contribution is -2.50. The maximum Gasteiger partial charge on any atom is 0.246 e. The molecule has 5 rings (SSSR count). The van der Waals surface area contributed by atoms with Crippen LogP contribution in [0.4, 0.5) is 5.82 Å². The predicted octanol–water partition coefficient (Wildman–Crippen LogP) is 3.09. The van der Waals surface area contributed by atoms with Crippen molar-refractivity contribution < 1.29 is 19.1 Å². The lowest BCUT2D eigenvalue weighted by atomic mass is 9.90. The second-order valence-corrected chi connectivity index (χ2v) is 9.89. The van der Waals surface area contributed by atoms with Crippen molar-refractivity contribution in [2.75, 3.05) is 58.4 Å². The van der Waals surface area contributed by atoms with Crippen LogP contribution in [0, 0.1) is 11.3 Å². The molecule has 1 aromatic heterocycles. The molecule has 3 aliphatic rings. The smallest absolute Gasteiger partial charge is 0.246 e. The summed E-state index contributed by atoms with van der Waals surface area (Å²) in [6.07, 6.45) is 7.98. The zero-order valence-corrected chi connectivity index (χ0v) is 21.1. The highest BCUT2D eigenvalue weighted by atomic mass is 16.5. The second-order valence-electron chi connectivity index (χ2n) is 9.89. The zero-order chi connectivity index (χ0) is 25.1. The number of carbonyl (C=O) groups excluding carboxylic acids is 2. The van der Waals surface area contributed by atoms with Gasteiger partial charge >= 0.3 is 0 Å². The van der Waals surface area contributed by atoms with Crippen LogP contribution in [-0.2, 0) is 9.59 Å². The van der Waals surface area contributed by atoms with E-state index in [9.17, 15) is 9.59 Å². The molecule has 190 valence electrons. The second kappa shape index (κ2) is 10.2. The zero-order valence-electron chi connectivity index (χ0n) is 21.1. The Kier molecular flexibility index (Phi) is 6.85. The number of hydrogen-bond donors (Lipinski definition) is 0. The molecule has 0 N–H and O–H groups in total. The molecule has 36 heavy (non-hydrogen) atoms. The van der Waals surface area contributed by atoms with E-state index < -0.39 is 0 Å². The Morgan fingerprint density at radius 2 is 1.69 bits per heavy atom. The van der Waals surface area contributed by atoms with Crippen molar-refractivity contribution in [3.63, 3.8) is 0 Å². The van der Waals surface area contributed by atoms with Crippen LogP contribution >= 0.6 is 0 Å². The molecule has 1 aromatic carbocycles. The molecule has 2 aliphatic heterocycles. The van der Waals surface area contributed by atoms with Crippen LogP contribution in [-0.4, -0.2) is 80.1 Å². The molecule has 3 fully saturated rings. The van der Waals surface area contributed by atoms with E-state index >= 15 is 0 Å². The van der Waals surface area contributed by atoms with Gasteiger partial charge in [0.25, 0.3) is 0 Å². The van der Waals surface area contributed by atoms with Gasteiger partial charge in [-0.3, -0.25) is 9.59 Å². The standard InChI is InChI=1S/C28H34N4O4/c1-35-23-8-6-21(19-24(23)36-2)7-9-26(33)31-13-10-28(11-14-31)20-22(28)27(34)32-17-15-30(16-18-32)25-5-3-4-12-29-25/h3-9,12,19,22H,10-11,13-18,20H2,1-2H3/b9-7+/t22-/m0/s1. The SMILES string of the molecule is COc1ccc(/C=C/C(=O)N2CCC3(CC2)C[C@H]3C(=O)N2CCN(c3ccccn3)CC2)cc1OC. The number of rotatable bonds is 6. The summed E-state index contributed by atoms with van der Waals surface area (Å²) in [5.41, 5.74) is 0.962. The largest absolute Gasteiger partial charge is 0.493 e. The summed E-state index contributed by atoms with van der Waals surface area (Å²) in [6, 6.07) is 11.5. The molecule has 0 unspecified atom stereocenters. The molecule has 2 aromatic rings. The number of amides is 2. The fraction of sp³-hybridized carbons (Fsp3) is 0.464. The minimum atomic E-state index is 0.00815. The van der Waals surface area contributed by atoms with Gasteiger partial charge in [0, 0.05) is 57.5 Å². The first kappa shape index (κ1) is 24.2. The lowest BCUT2D eigenvalue weighted by molar-refractivity contribution is -0.134. The Labute approximate surface area is 212 Å². The third-order valence-electron chi connectivity index (χ3n) is 7.95.